The maximum absolute atomic E-state index is 5.48. The van der Waals surface area contributed by atoms with Crippen molar-refractivity contribution in [2.45, 2.75) is 12.5 Å². The Morgan fingerprint density at radius 2 is 2.20 bits per heavy atom. The number of rotatable bonds is 3. The molecule has 106 valence electrons. The van der Waals surface area contributed by atoms with Crippen molar-refractivity contribution in [1.29, 1.82) is 0 Å². The summed E-state index contributed by atoms with van der Waals surface area (Å²) < 4.78 is 5.48. The van der Waals surface area contributed by atoms with Gasteiger partial charge in [-0.3, -0.25) is 0 Å². The van der Waals surface area contributed by atoms with Crippen LogP contribution in [0.3, 0.4) is 0 Å². The second-order valence-electron chi connectivity index (χ2n) is 4.74. The van der Waals surface area contributed by atoms with Gasteiger partial charge in [0.25, 0.3) is 0 Å². The zero-order valence-electron chi connectivity index (χ0n) is 11.2. The molecule has 4 nitrogen and oxygen atoms in total. The highest BCUT2D eigenvalue weighted by Crippen LogP contribution is 2.18. The predicted molar refractivity (Wildman–Crippen MR) is 81.0 cm³/mol. The predicted octanol–water partition coefficient (Wildman–Crippen LogP) is 2.10. The first-order valence-corrected chi connectivity index (χ1v) is 6.60. The summed E-state index contributed by atoms with van der Waals surface area (Å²) >= 11 is 0. The lowest BCUT2D eigenvalue weighted by molar-refractivity contribution is 0.0770. The van der Waals surface area contributed by atoms with Gasteiger partial charge in [-0.05, 0) is 30.2 Å². The fraction of sp³-hybridized carbons (Fsp3) is 0.333. The first-order chi connectivity index (χ1) is 9.42. The van der Waals surface area contributed by atoms with Gasteiger partial charge in [-0.2, -0.15) is 10.2 Å². The standard InChI is InChI=1S/C15H17N3O.ClH/c1-3-12(10-14-11-19-8-7-16-14)9-13(4-1)15-5-2-6-17-18-15;/h1-6,9,14,16H,7-8,10-11H2;1H. The van der Waals surface area contributed by atoms with Crippen LogP contribution in [-0.2, 0) is 11.2 Å². The van der Waals surface area contributed by atoms with Gasteiger partial charge in [0.2, 0.25) is 0 Å². The number of hydrogen-bond acceptors (Lipinski definition) is 4. The summed E-state index contributed by atoms with van der Waals surface area (Å²) in [7, 11) is 0. The SMILES string of the molecule is Cl.c1cc(CC2COCCN2)cc(-c2cccnn2)c1. The molecule has 0 spiro atoms. The molecule has 0 saturated carbocycles. The fourth-order valence-electron chi connectivity index (χ4n) is 2.35. The first-order valence-electron chi connectivity index (χ1n) is 6.60. The van der Waals surface area contributed by atoms with Crippen LogP contribution in [0.25, 0.3) is 11.3 Å². The molecule has 1 atom stereocenters. The molecule has 5 heteroatoms. The van der Waals surface area contributed by atoms with Crippen molar-refractivity contribution in [1.82, 2.24) is 15.5 Å². The number of benzene rings is 1. The van der Waals surface area contributed by atoms with Crippen LogP contribution in [-0.4, -0.2) is 36.0 Å². The highest BCUT2D eigenvalue weighted by molar-refractivity contribution is 5.85. The zero-order chi connectivity index (χ0) is 12.9. The van der Waals surface area contributed by atoms with Crippen molar-refractivity contribution < 1.29 is 4.74 Å². The molecule has 2 aromatic rings. The Kier molecular flexibility index (Phi) is 5.47. The van der Waals surface area contributed by atoms with Crippen LogP contribution in [0.15, 0.2) is 42.6 Å². The lowest BCUT2D eigenvalue weighted by Gasteiger charge is -2.23. The third kappa shape index (κ3) is 3.76. The van der Waals surface area contributed by atoms with Crippen LogP contribution in [0.1, 0.15) is 5.56 Å². The van der Waals surface area contributed by atoms with Gasteiger partial charge < -0.3 is 10.1 Å². The van der Waals surface area contributed by atoms with E-state index in [1.54, 1.807) is 6.20 Å². The molecule has 0 amide bonds. The number of aromatic nitrogens is 2. The molecule has 0 bridgehead atoms. The molecule has 1 aromatic heterocycles. The molecular weight excluding hydrogens is 274 g/mol. The maximum atomic E-state index is 5.48. The number of morpholine rings is 1. The van der Waals surface area contributed by atoms with Crippen LogP contribution in [0.4, 0.5) is 0 Å². The number of nitrogens with one attached hydrogen (secondary N) is 1. The van der Waals surface area contributed by atoms with E-state index in [9.17, 15) is 0 Å². The minimum atomic E-state index is 0. The average molecular weight is 292 g/mol. The van der Waals surface area contributed by atoms with Crippen LogP contribution >= 0.6 is 12.4 Å². The average Bonchev–Trinajstić information content (AvgIpc) is 2.49. The van der Waals surface area contributed by atoms with Gasteiger partial charge in [-0.15, -0.1) is 12.4 Å². The molecule has 2 heterocycles. The topological polar surface area (TPSA) is 47.0 Å². The van der Waals surface area contributed by atoms with Crippen molar-refractivity contribution in [2.75, 3.05) is 19.8 Å². The Hall–Kier alpha value is -1.49. The smallest absolute Gasteiger partial charge is 0.0929 e. The summed E-state index contributed by atoms with van der Waals surface area (Å²) in [6, 6.07) is 12.8. The highest BCUT2D eigenvalue weighted by Gasteiger charge is 2.13. The highest BCUT2D eigenvalue weighted by atomic mass is 35.5. The summed E-state index contributed by atoms with van der Waals surface area (Å²) in [5.74, 6) is 0. The Balaban J connectivity index is 0.00000147. The Morgan fingerprint density at radius 3 is 2.95 bits per heavy atom. The van der Waals surface area contributed by atoms with Gasteiger partial charge in [0.15, 0.2) is 0 Å². The van der Waals surface area contributed by atoms with E-state index < -0.39 is 0 Å². The molecule has 1 fully saturated rings. The van der Waals surface area contributed by atoms with E-state index >= 15 is 0 Å². The monoisotopic (exact) mass is 291 g/mol. The van der Waals surface area contributed by atoms with E-state index in [2.05, 4.69) is 39.8 Å². The zero-order valence-corrected chi connectivity index (χ0v) is 12.0. The van der Waals surface area contributed by atoms with Crippen LogP contribution in [0, 0.1) is 0 Å². The van der Waals surface area contributed by atoms with Crippen LogP contribution in [0.2, 0.25) is 0 Å². The molecule has 1 N–H and O–H groups in total. The Bertz CT molecular complexity index is 530. The molecule has 1 aromatic carbocycles. The quantitative estimate of drug-likeness (QED) is 0.941. The van der Waals surface area contributed by atoms with E-state index in [1.165, 1.54) is 5.56 Å². The molecular formula is C15H18ClN3O. The third-order valence-electron chi connectivity index (χ3n) is 3.28. The molecule has 0 aliphatic carbocycles. The molecule has 1 aliphatic rings. The Labute approximate surface area is 125 Å². The van der Waals surface area contributed by atoms with Gasteiger partial charge in [0.1, 0.15) is 0 Å². The molecule has 20 heavy (non-hydrogen) atoms. The lowest BCUT2D eigenvalue weighted by atomic mass is 10.0. The van der Waals surface area contributed by atoms with Crippen molar-refractivity contribution in [3.05, 3.63) is 48.2 Å². The summed E-state index contributed by atoms with van der Waals surface area (Å²) in [6.45, 7) is 2.54. The summed E-state index contributed by atoms with van der Waals surface area (Å²) in [5.41, 5.74) is 3.32. The van der Waals surface area contributed by atoms with E-state index in [1.807, 2.05) is 12.1 Å². The van der Waals surface area contributed by atoms with E-state index in [0.717, 1.165) is 37.4 Å². The molecule has 1 saturated heterocycles. The van der Waals surface area contributed by atoms with Crippen molar-refractivity contribution >= 4 is 12.4 Å². The minimum absolute atomic E-state index is 0. The fourth-order valence-corrected chi connectivity index (χ4v) is 2.35. The first kappa shape index (κ1) is 14.9. The van der Waals surface area contributed by atoms with Gasteiger partial charge in [0.05, 0.1) is 18.9 Å². The van der Waals surface area contributed by atoms with Gasteiger partial charge in [-0.1, -0.05) is 18.2 Å². The summed E-state index contributed by atoms with van der Waals surface area (Å²) in [6.07, 6.45) is 2.67. The number of ether oxygens (including phenoxy) is 1. The van der Waals surface area contributed by atoms with Crippen molar-refractivity contribution in [2.24, 2.45) is 0 Å². The summed E-state index contributed by atoms with van der Waals surface area (Å²) in [5, 5.41) is 11.5. The van der Waals surface area contributed by atoms with E-state index in [-0.39, 0.29) is 12.4 Å². The van der Waals surface area contributed by atoms with Gasteiger partial charge in [0, 0.05) is 24.3 Å². The van der Waals surface area contributed by atoms with Gasteiger partial charge in [-0.25, -0.2) is 0 Å². The van der Waals surface area contributed by atoms with Crippen molar-refractivity contribution in [3.8, 4) is 11.3 Å². The third-order valence-corrected chi connectivity index (χ3v) is 3.28. The minimum Gasteiger partial charge on any atom is -0.379 e. The number of halogens is 1. The van der Waals surface area contributed by atoms with E-state index in [4.69, 9.17) is 4.74 Å². The van der Waals surface area contributed by atoms with Crippen LogP contribution < -0.4 is 5.32 Å². The lowest BCUT2D eigenvalue weighted by Crippen LogP contribution is -2.42. The van der Waals surface area contributed by atoms with E-state index in [0.29, 0.717) is 6.04 Å². The molecule has 1 aliphatic heterocycles. The Morgan fingerprint density at radius 1 is 1.25 bits per heavy atom. The second-order valence-corrected chi connectivity index (χ2v) is 4.74. The number of hydrogen-bond donors (Lipinski definition) is 1. The molecule has 3 rings (SSSR count). The number of nitrogens with zero attached hydrogens (tertiary/aromatic N) is 2. The van der Waals surface area contributed by atoms with Gasteiger partial charge >= 0.3 is 0 Å². The summed E-state index contributed by atoms with van der Waals surface area (Å²) in [4.78, 5) is 0. The molecule has 0 radical (unpaired) electrons. The largest absolute Gasteiger partial charge is 0.379 e. The molecule has 1 unspecified atom stereocenters. The normalized spacial score (nSPS) is 18.3. The second kappa shape index (κ2) is 7.33. The van der Waals surface area contributed by atoms with Crippen LogP contribution in [0.5, 0.6) is 0 Å². The van der Waals surface area contributed by atoms with Crippen molar-refractivity contribution in [3.63, 3.8) is 0 Å². The maximum Gasteiger partial charge on any atom is 0.0929 e.